The molecule has 1 rings (SSSR count). The molecule has 0 radical (unpaired) electrons. The van der Waals surface area contributed by atoms with Gasteiger partial charge in [0.05, 0.1) is 0 Å². The number of ether oxygens (including phenoxy) is 1. The standard InChI is InChI=1S/C8H6Cl2F4N2O/c9-4-1-5(10)16-6(15-4)2-17-3-8(13,14)7(11)12/h1,7H,2-3H2. The topological polar surface area (TPSA) is 35.0 Å². The second-order valence-electron chi connectivity index (χ2n) is 2.98. The van der Waals surface area contributed by atoms with Gasteiger partial charge < -0.3 is 4.74 Å². The lowest BCUT2D eigenvalue weighted by atomic mass is 10.4. The number of rotatable bonds is 5. The summed E-state index contributed by atoms with van der Waals surface area (Å²) in [7, 11) is 0. The van der Waals surface area contributed by atoms with Gasteiger partial charge in [-0.3, -0.25) is 0 Å². The summed E-state index contributed by atoms with van der Waals surface area (Å²) in [4.78, 5) is 7.22. The zero-order chi connectivity index (χ0) is 13.1. The van der Waals surface area contributed by atoms with Crippen LogP contribution in [0.15, 0.2) is 6.07 Å². The monoisotopic (exact) mass is 292 g/mol. The number of hydrogen-bond donors (Lipinski definition) is 0. The maximum atomic E-state index is 12.4. The zero-order valence-electron chi connectivity index (χ0n) is 8.14. The Balaban J connectivity index is 2.51. The Hall–Kier alpha value is -0.660. The number of alkyl halides is 4. The molecule has 0 unspecified atom stereocenters. The molecule has 0 aliphatic rings. The van der Waals surface area contributed by atoms with E-state index in [4.69, 9.17) is 23.2 Å². The highest BCUT2D eigenvalue weighted by atomic mass is 35.5. The van der Waals surface area contributed by atoms with Crippen LogP contribution in [-0.2, 0) is 11.3 Å². The first-order valence-corrected chi connectivity index (χ1v) is 4.99. The molecule has 0 amide bonds. The number of aromatic nitrogens is 2. The number of halogens is 6. The number of nitrogens with zero attached hydrogens (tertiary/aromatic N) is 2. The smallest absolute Gasteiger partial charge is 0.330 e. The van der Waals surface area contributed by atoms with Crippen molar-refractivity contribution < 1.29 is 22.3 Å². The molecule has 0 aromatic carbocycles. The molecule has 0 aliphatic heterocycles. The van der Waals surface area contributed by atoms with E-state index in [1.807, 2.05) is 0 Å². The highest BCUT2D eigenvalue weighted by Crippen LogP contribution is 2.23. The van der Waals surface area contributed by atoms with Crippen LogP contribution in [0, 0.1) is 0 Å². The van der Waals surface area contributed by atoms with Crippen LogP contribution in [0.5, 0.6) is 0 Å². The molecule has 9 heteroatoms. The van der Waals surface area contributed by atoms with Gasteiger partial charge in [-0.15, -0.1) is 0 Å². The van der Waals surface area contributed by atoms with Crippen LogP contribution < -0.4 is 0 Å². The second kappa shape index (κ2) is 5.79. The predicted molar refractivity (Wildman–Crippen MR) is 52.7 cm³/mol. The van der Waals surface area contributed by atoms with E-state index >= 15 is 0 Å². The van der Waals surface area contributed by atoms with E-state index in [0.717, 1.165) is 0 Å². The fourth-order valence-corrected chi connectivity index (χ4v) is 1.30. The third kappa shape index (κ3) is 4.61. The van der Waals surface area contributed by atoms with Crippen LogP contribution >= 0.6 is 23.2 Å². The van der Waals surface area contributed by atoms with Crippen molar-refractivity contribution in [3.8, 4) is 0 Å². The van der Waals surface area contributed by atoms with Gasteiger partial charge in [-0.2, -0.15) is 8.78 Å². The first-order valence-electron chi connectivity index (χ1n) is 4.24. The van der Waals surface area contributed by atoms with E-state index in [1.165, 1.54) is 6.07 Å². The molecule has 0 fully saturated rings. The van der Waals surface area contributed by atoms with Gasteiger partial charge in [0.25, 0.3) is 0 Å². The predicted octanol–water partition coefficient (Wildman–Crippen LogP) is 3.20. The normalized spacial score (nSPS) is 12.2. The maximum Gasteiger partial charge on any atom is 0.330 e. The lowest BCUT2D eigenvalue weighted by Crippen LogP contribution is -2.32. The van der Waals surface area contributed by atoms with Gasteiger partial charge in [-0.1, -0.05) is 23.2 Å². The summed E-state index contributed by atoms with van der Waals surface area (Å²) >= 11 is 11.0. The quantitative estimate of drug-likeness (QED) is 0.617. The summed E-state index contributed by atoms with van der Waals surface area (Å²) in [5.74, 6) is -4.27. The van der Waals surface area contributed by atoms with Crippen molar-refractivity contribution in [3.63, 3.8) is 0 Å². The number of hydrogen-bond acceptors (Lipinski definition) is 3. The maximum absolute atomic E-state index is 12.4. The van der Waals surface area contributed by atoms with Gasteiger partial charge >= 0.3 is 12.3 Å². The van der Waals surface area contributed by atoms with Crippen molar-refractivity contribution in [1.82, 2.24) is 9.97 Å². The Bertz CT molecular complexity index is 372. The van der Waals surface area contributed by atoms with Crippen LogP contribution in [0.4, 0.5) is 17.6 Å². The fourth-order valence-electron chi connectivity index (χ4n) is 0.840. The fraction of sp³-hybridized carbons (Fsp3) is 0.500. The molecule has 96 valence electrons. The third-order valence-corrected chi connectivity index (χ3v) is 1.94. The lowest BCUT2D eigenvalue weighted by Gasteiger charge is -2.14. The highest BCUT2D eigenvalue weighted by molar-refractivity contribution is 6.33. The van der Waals surface area contributed by atoms with Crippen molar-refractivity contribution >= 4 is 23.2 Å². The first kappa shape index (κ1) is 14.4. The molecule has 17 heavy (non-hydrogen) atoms. The van der Waals surface area contributed by atoms with E-state index in [0.29, 0.717) is 0 Å². The van der Waals surface area contributed by atoms with Crippen molar-refractivity contribution in [2.75, 3.05) is 6.61 Å². The average molecular weight is 293 g/mol. The van der Waals surface area contributed by atoms with Gasteiger partial charge in [0.2, 0.25) is 0 Å². The Kier molecular flexibility index (Phi) is 4.91. The SMILES string of the molecule is FC(F)C(F)(F)COCc1nc(Cl)cc(Cl)n1. The zero-order valence-corrected chi connectivity index (χ0v) is 9.65. The van der Waals surface area contributed by atoms with E-state index in [2.05, 4.69) is 14.7 Å². The molecule has 1 heterocycles. The molecule has 1 aromatic heterocycles. The molecule has 3 nitrogen and oxygen atoms in total. The van der Waals surface area contributed by atoms with Gasteiger partial charge in [-0.05, 0) is 0 Å². The highest BCUT2D eigenvalue weighted by Gasteiger charge is 2.40. The molecule has 0 atom stereocenters. The Morgan fingerprint density at radius 1 is 1.24 bits per heavy atom. The second-order valence-corrected chi connectivity index (χ2v) is 3.76. The molecule has 0 spiro atoms. The van der Waals surface area contributed by atoms with Crippen LogP contribution in [0.2, 0.25) is 10.3 Å². The molecule has 0 saturated heterocycles. The van der Waals surface area contributed by atoms with E-state index in [9.17, 15) is 17.6 Å². The molecule has 0 bridgehead atoms. The largest absolute Gasteiger partial charge is 0.367 e. The lowest BCUT2D eigenvalue weighted by molar-refractivity contribution is -0.168. The molecule has 1 aromatic rings. The van der Waals surface area contributed by atoms with Crippen LogP contribution in [0.1, 0.15) is 5.82 Å². The van der Waals surface area contributed by atoms with Gasteiger partial charge in [0, 0.05) is 6.07 Å². The van der Waals surface area contributed by atoms with Crippen molar-refractivity contribution in [3.05, 3.63) is 22.2 Å². The summed E-state index contributed by atoms with van der Waals surface area (Å²) < 4.78 is 52.8. The van der Waals surface area contributed by atoms with Gasteiger partial charge in [0.15, 0.2) is 5.82 Å². The van der Waals surface area contributed by atoms with Crippen molar-refractivity contribution in [2.24, 2.45) is 0 Å². The minimum atomic E-state index is -4.21. The molecule has 0 saturated carbocycles. The van der Waals surface area contributed by atoms with E-state index in [1.54, 1.807) is 0 Å². The van der Waals surface area contributed by atoms with Crippen molar-refractivity contribution in [1.29, 1.82) is 0 Å². The third-order valence-electron chi connectivity index (χ3n) is 1.55. The molecule has 0 aliphatic carbocycles. The summed E-state index contributed by atoms with van der Waals surface area (Å²) in [5.41, 5.74) is 0. The first-order chi connectivity index (χ1) is 7.81. The summed E-state index contributed by atoms with van der Waals surface area (Å²) in [6, 6.07) is 1.24. The molecular weight excluding hydrogens is 287 g/mol. The van der Waals surface area contributed by atoms with Crippen molar-refractivity contribution in [2.45, 2.75) is 19.0 Å². The van der Waals surface area contributed by atoms with E-state index in [-0.39, 0.29) is 16.1 Å². The van der Waals surface area contributed by atoms with Crippen LogP contribution in [0.3, 0.4) is 0 Å². The minimum absolute atomic E-state index is 0.00391. The Morgan fingerprint density at radius 2 is 1.76 bits per heavy atom. The minimum Gasteiger partial charge on any atom is -0.367 e. The van der Waals surface area contributed by atoms with Gasteiger partial charge in [-0.25, -0.2) is 18.7 Å². The molecule has 0 N–H and O–H groups in total. The van der Waals surface area contributed by atoms with E-state index < -0.39 is 25.6 Å². The van der Waals surface area contributed by atoms with Crippen LogP contribution in [-0.4, -0.2) is 28.9 Å². The van der Waals surface area contributed by atoms with Crippen LogP contribution in [0.25, 0.3) is 0 Å². The summed E-state index contributed by atoms with van der Waals surface area (Å²) in [6.45, 7) is -1.92. The Labute approximate surface area is 104 Å². The van der Waals surface area contributed by atoms with Gasteiger partial charge in [0.1, 0.15) is 23.5 Å². The Morgan fingerprint density at radius 3 is 2.24 bits per heavy atom. The summed E-state index contributed by atoms with van der Waals surface area (Å²) in [5, 5.41) is 0.00781. The molecular formula is C8H6Cl2F4N2O. The summed E-state index contributed by atoms with van der Waals surface area (Å²) in [6.07, 6.45) is -3.79. The average Bonchev–Trinajstić information content (AvgIpc) is 2.15.